The summed E-state index contributed by atoms with van der Waals surface area (Å²) in [6.45, 7) is 1.03. The zero-order chi connectivity index (χ0) is 12.3. The van der Waals surface area contributed by atoms with E-state index in [2.05, 4.69) is 4.98 Å². The Morgan fingerprint density at radius 3 is 2.82 bits per heavy atom. The number of benzene rings is 1. The summed E-state index contributed by atoms with van der Waals surface area (Å²) >= 11 is 1.53. The first-order valence-electron chi connectivity index (χ1n) is 5.29. The van der Waals surface area contributed by atoms with Crippen molar-refractivity contribution in [1.82, 2.24) is 4.98 Å². The van der Waals surface area contributed by atoms with E-state index in [4.69, 9.17) is 5.73 Å². The Labute approximate surface area is 104 Å². The van der Waals surface area contributed by atoms with E-state index in [1.54, 1.807) is 12.1 Å². The highest BCUT2D eigenvalue weighted by atomic mass is 32.1. The van der Waals surface area contributed by atoms with Gasteiger partial charge in [-0.2, -0.15) is 0 Å². The first kappa shape index (κ1) is 12.0. The van der Waals surface area contributed by atoms with Crippen molar-refractivity contribution in [3.8, 4) is 0 Å². The minimum Gasteiger partial charge on any atom is -0.366 e. The SMILES string of the molecule is CN(Cc1csc(CN)n1)c1ccccc1F. The monoisotopic (exact) mass is 251 g/mol. The molecule has 2 aromatic rings. The first-order chi connectivity index (χ1) is 8.20. The van der Waals surface area contributed by atoms with Crippen LogP contribution in [0.3, 0.4) is 0 Å². The molecule has 17 heavy (non-hydrogen) atoms. The van der Waals surface area contributed by atoms with Gasteiger partial charge >= 0.3 is 0 Å². The molecule has 5 heteroatoms. The van der Waals surface area contributed by atoms with Crippen molar-refractivity contribution in [1.29, 1.82) is 0 Å². The molecule has 1 aromatic heterocycles. The normalized spacial score (nSPS) is 10.5. The van der Waals surface area contributed by atoms with Crippen LogP contribution in [-0.4, -0.2) is 12.0 Å². The van der Waals surface area contributed by atoms with Gasteiger partial charge < -0.3 is 10.6 Å². The number of hydrogen-bond acceptors (Lipinski definition) is 4. The largest absolute Gasteiger partial charge is 0.366 e. The summed E-state index contributed by atoms with van der Waals surface area (Å²) in [6.07, 6.45) is 0. The lowest BCUT2D eigenvalue weighted by atomic mass is 10.3. The summed E-state index contributed by atoms with van der Waals surface area (Å²) < 4.78 is 13.5. The molecule has 0 bridgehead atoms. The molecule has 3 nitrogen and oxygen atoms in total. The molecule has 0 aliphatic carbocycles. The van der Waals surface area contributed by atoms with E-state index in [1.807, 2.05) is 23.4 Å². The molecule has 0 fully saturated rings. The third-order valence-electron chi connectivity index (χ3n) is 2.44. The van der Waals surface area contributed by atoms with E-state index >= 15 is 0 Å². The molecule has 0 saturated heterocycles. The quantitative estimate of drug-likeness (QED) is 0.907. The Morgan fingerprint density at radius 1 is 1.41 bits per heavy atom. The Bertz CT molecular complexity index is 498. The van der Waals surface area contributed by atoms with Crippen LogP contribution in [0.2, 0.25) is 0 Å². The van der Waals surface area contributed by atoms with Crippen LogP contribution in [0.15, 0.2) is 29.6 Å². The number of halogens is 1. The van der Waals surface area contributed by atoms with Crippen LogP contribution >= 0.6 is 11.3 Å². The summed E-state index contributed by atoms with van der Waals surface area (Å²) in [5.74, 6) is -0.218. The van der Waals surface area contributed by atoms with Crippen molar-refractivity contribution in [2.45, 2.75) is 13.1 Å². The van der Waals surface area contributed by atoms with Crippen LogP contribution in [0.25, 0.3) is 0 Å². The van der Waals surface area contributed by atoms with Crippen molar-refractivity contribution < 1.29 is 4.39 Å². The Balaban J connectivity index is 2.11. The van der Waals surface area contributed by atoms with E-state index in [-0.39, 0.29) is 5.82 Å². The number of rotatable bonds is 4. The maximum atomic E-state index is 13.5. The van der Waals surface area contributed by atoms with E-state index in [9.17, 15) is 4.39 Å². The van der Waals surface area contributed by atoms with Gasteiger partial charge in [-0.15, -0.1) is 11.3 Å². The van der Waals surface area contributed by atoms with Crippen LogP contribution in [0.4, 0.5) is 10.1 Å². The van der Waals surface area contributed by atoms with E-state index in [0.717, 1.165) is 10.7 Å². The first-order valence-corrected chi connectivity index (χ1v) is 6.17. The molecule has 0 aliphatic rings. The van der Waals surface area contributed by atoms with Crippen molar-refractivity contribution in [3.05, 3.63) is 46.2 Å². The molecule has 0 amide bonds. The Kier molecular flexibility index (Phi) is 3.71. The Hall–Kier alpha value is -1.46. The zero-order valence-electron chi connectivity index (χ0n) is 9.56. The van der Waals surface area contributed by atoms with E-state index < -0.39 is 0 Å². The number of thiazole rings is 1. The van der Waals surface area contributed by atoms with Gasteiger partial charge in [0.1, 0.15) is 10.8 Å². The molecule has 0 spiro atoms. The van der Waals surface area contributed by atoms with Crippen LogP contribution < -0.4 is 10.6 Å². The topological polar surface area (TPSA) is 42.1 Å². The highest BCUT2D eigenvalue weighted by Gasteiger charge is 2.09. The molecule has 2 N–H and O–H groups in total. The van der Waals surface area contributed by atoms with Gasteiger partial charge in [0, 0.05) is 19.0 Å². The van der Waals surface area contributed by atoms with Crippen molar-refractivity contribution in [2.75, 3.05) is 11.9 Å². The Morgan fingerprint density at radius 2 is 2.18 bits per heavy atom. The zero-order valence-corrected chi connectivity index (χ0v) is 10.4. The van der Waals surface area contributed by atoms with Gasteiger partial charge in [0.25, 0.3) is 0 Å². The highest BCUT2D eigenvalue weighted by molar-refractivity contribution is 7.09. The summed E-state index contributed by atoms with van der Waals surface area (Å²) in [4.78, 5) is 6.19. The highest BCUT2D eigenvalue weighted by Crippen LogP contribution is 2.19. The maximum absolute atomic E-state index is 13.5. The van der Waals surface area contributed by atoms with Gasteiger partial charge in [-0.05, 0) is 12.1 Å². The standard InChI is InChI=1S/C12H14FN3S/c1-16(11-5-3-2-4-10(11)13)7-9-8-17-12(6-14)15-9/h2-5,8H,6-7,14H2,1H3. The van der Waals surface area contributed by atoms with Crippen molar-refractivity contribution in [3.63, 3.8) is 0 Å². The second-order valence-corrected chi connectivity index (χ2v) is 4.69. The van der Waals surface area contributed by atoms with Crippen molar-refractivity contribution in [2.24, 2.45) is 5.73 Å². The van der Waals surface area contributed by atoms with Crippen LogP contribution in [0.5, 0.6) is 0 Å². The molecule has 1 aromatic carbocycles. The summed E-state index contributed by atoms with van der Waals surface area (Å²) in [6, 6.07) is 6.72. The average molecular weight is 251 g/mol. The molecule has 2 rings (SSSR count). The van der Waals surface area contributed by atoms with Gasteiger partial charge in [0.05, 0.1) is 17.9 Å². The second kappa shape index (κ2) is 5.25. The van der Waals surface area contributed by atoms with Gasteiger partial charge in [0.2, 0.25) is 0 Å². The lowest BCUT2D eigenvalue weighted by Gasteiger charge is -2.18. The van der Waals surface area contributed by atoms with Gasteiger partial charge in [0.15, 0.2) is 0 Å². The van der Waals surface area contributed by atoms with Crippen LogP contribution in [0, 0.1) is 5.82 Å². The fourth-order valence-corrected chi connectivity index (χ4v) is 2.27. The van der Waals surface area contributed by atoms with Crippen LogP contribution in [-0.2, 0) is 13.1 Å². The minimum absolute atomic E-state index is 0.218. The lowest BCUT2D eigenvalue weighted by molar-refractivity contribution is 0.622. The van der Waals surface area contributed by atoms with Gasteiger partial charge in [-0.3, -0.25) is 0 Å². The second-order valence-electron chi connectivity index (χ2n) is 3.74. The van der Waals surface area contributed by atoms with Gasteiger partial charge in [-0.25, -0.2) is 9.37 Å². The number of nitrogens with two attached hydrogens (primary N) is 1. The molecular formula is C12H14FN3S. The molecular weight excluding hydrogens is 237 g/mol. The number of para-hydroxylation sites is 1. The molecule has 0 aliphatic heterocycles. The number of aromatic nitrogens is 1. The molecule has 0 saturated carbocycles. The number of hydrogen-bond donors (Lipinski definition) is 1. The van der Waals surface area contributed by atoms with Crippen LogP contribution in [0.1, 0.15) is 10.7 Å². The third-order valence-corrected chi connectivity index (χ3v) is 3.36. The molecule has 90 valence electrons. The summed E-state index contributed by atoms with van der Waals surface area (Å²) in [5, 5.41) is 2.86. The fraction of sp³-hybridized carbons (Fsp3) is 0.250. The van der Waals surface area contributed by atoms with Crippen molar-refractivity contribution >= 4 is 17.0 Å². The number of anilines is 1. The molecule has 0 radical (unpaired) electrons. The summed E-state index contributed by atoms with van der Waals surface area (Å²) in [7, 11) is 1.85. The predicted octanol–water partition coefficient (Wildman–Crippen LogP) is 2.38. The van der Waals surface area contributed by atoms with Gasteiger partial charge in [-0.1, -0.05) is 12.1 Å². The maximum Gasteiger partial charge on any atom is 0.146 e. The molecule has 0 atom stereocenters. The smallest absolute Gasteiger partial charge is 0.146 e. The third kappa shape index (κ3) is 2.81. The molecule has 0 unspecified atom stereocenters. The van der Waals surface area contributed by atoms with E-state index in [1.165, 1.54) is 17.4 Å². The van der Waals surface area contributed by atoms with E-state index in [0.29, 0.717) is 18.8 Å². The predicted molar refractivity (Wildman–Crippen MR) is 68.5 cm³/mol. The lowest BCUT2D eigenvalue weighted by Crippen LogP contribution is -2.17. The average Bonchev–Trinajstić information content (AvgIpc) is 2.77. The summed E-state index contributed by atoms with van der Waals surface area (Å²) in [5.41, 5.74) is 7.00. The minimum atomic E-state index is -0.218. The fourth-order valence-electron chi connectivity index (χ4n) is 1.60. The number of nitrogens with zero attached hydrogens (tertiary/aromatic N) is 2. The molecule has 1 heterocycles.